The molecule has 2 aromatic rings. The molecule has 1 aliphatic carbocycles. The average molecular weight is 472 g/mol. The lowest BCUT2D eigenvalue weighted by Gasteiger charge is -2.32. The predicted octanol–water partition coefficient (Wildman–Crippen LogP) is 5.46. The molecule has 2 heterocycles. The Bertz CT molecular complexity index is 1160. The molecule has 5 heteroatoms. The monoisotopic (exact) mass is 471 g/mol. The molecule has 35 heavy (non-hydrogen) atoms. The minimum atomic E-state index is -0.269. The number of allylic oxidation sites excluding steroid dienone is 2. The van der Waals surface area contributed by atoms with Crippen molar-refractivity contribution in [2.75, 3.05) is 13.7 Å². The molecule has 0 saturated carbocycles. The number of amides is 2. The molecule has 0 spiro atoms. The summed E-state index contributed by atoms with van der Waals surface area (Å²) in [7, 11) is 1.62. The first kappa shape index (κ1) is 23.6. The minimum Gasteiger partial charge on any atom is -0.508 e. The number of carbonyl (C=O) groups excluding carboxylic acids is 2. The van der Waals surface area contributed by atoms with Crippen LogP contribution in [0.4, 0.5) is 0 Å². The van der Waals surface area contributed by atoms with E-state index in [0.717, 1.165) is 31.2 Å². The Morgan fingerprint density at radius 3 is 2.51 bits per heavy atom. The second kappa shape index (κ2) is 9.82. The third-order valence-corrected chi connectivity index (χ3v) is 7.83. The highest BCUT2D eigenvalue weighted by Gasteiger charge is 2.55. The molecule has 4 atom stereocenters. The van der Waals surface area contributed by atoms with Crippen LogP contribution in [0, 0.1) is 17.8 Å². The normalized spacial score (nSPS) is 26.3. The molecule has 2 saturated heterocycles. The minimum absolute atomic E-state index is 0.0166. The highest BCUT2D eigenvalue weighted by molar-refractivity contribution is 6.05. The fourth-order valence-electron chi connectivity index (χ4n) is 6.18. The maximum absolute atomic E-state index is 12.9. The van der Waals surface area contributed by atoms with Crippen molar-refractivity contribution >= 4 is 23.5 Å². The Balaban J connectivity index is 1.42. The smallest absolute Gasteiger partial charge is 0.233 e. The molecule has 182 valence electrons. The number of phenolic OH excluding ortho intramolecular Hbond substituents is 1. The molecular formula is C30H33NO4. The number of phenols is 1. The topological polar surface area (TPSA) is 66.8 Å². The highest BCUT2D eigenvalue weighted by Crippen LogP contribution is 2.50. The fraction of sp³-hybridized carbons (Fsp3) is 0.400. The number of likely N-dealkylation sites (tertiary alicyclic amines) is 1. The van der Waals surface area contributed by atoms with Crippen molar-refractivity contribution in [1.82, 2.24) is 4.90 Å². The lowest BCUT2D eigenvalue weighted by Crippen LogP contribution is -2.34. The predicted molar refractivity (Wildman–Crippen MR) is 136 cm³/mol. The highest BCUT2D eigenvalue weighted by atomic mass is 16.5. The summed E-state index contributed by atoms with van der Waals surface area (Å²) in [6.45, 7) is 2.69. The van der Waals surface area contributed by atoms with E-state index in [-0.39, 0.29) is 41.4 Å². The SMILES string of the molecule is CCCC1=C2[C@@H](CC/C(=C/c3ccc(O)cc3)c3ccccc3)OC[C@@H]2[C@@H]2C(=O)N(C)C(=O)[C@@H]2C1. The van der Waals surface area contributed by atoms with Gasteiger partial charge in [-0.2, -0.15) is 0 Å². The number of imide groups is 1. The van der Waals surface area contributed by atoms with Crippen molar-refractivity contribution in [3.63, 3.8) is 0 Å². The van der Waals surface area contributed by atoms with Crippen molar-refractivity contribution in [3.05, 3.63) is 76.9 Å². The van der Waals surface area contributed by atoms with Gasteiger partial charge >= 0.3 is 0 Å². The first-order valence-electron chi connectivity index (χ1n) is 12.7. The Labute approximate surface area is 207 Å². The van der Waals surface area contributed by atoms with Crippen LogP contribution in [0.15, 0.2) is 65.7 Å². The van der Waals surface area contributed by atoms with Crippen LogP contribution in [0.5, 0.6) is 5.75 Å². The lowest BCUT2D eigenvalue weighted by atomic mass is 9.68. The van der Waals surface area contributed by atoms with Crippen LogP contribution in [-0.2, 0) is 14.3 Å². The molecular weight excluding hydrogens is 438 g/mol. The summed E-state index contributed by atoms with van der Waals surface area (Å²) in [6, 6.07) is 17.6. The number of carbonyl (C=O) groups is 2. The van der Waals surface area contributed by atoms with Crippen LogP contribution in [0.1, 0.15) is 50.2 Å². The van der Waals surface area contributed by atoms with E-state index < -0.39 is 0 Å². The largest absolute Gasteiger partial charge is 0.508 e. The Hall–Kier alpha value is -3.18. The van der Waals surface area contributed by atoms with Gasteiger partial charge in [0.05, 0.1) is 24.5 Å². The summed E-state index contributed by atoms with van der Waals surface area (Å²) in [5.74, 6) is -0.291. The molecule has 0 bridgehead atoms. The molecule has 2 fully saturated rings. The van der Waals surface area contributed by atoms with Gasteiger partial charge in [-0.1, -0.05) is 67.5 Å². The molecule has 5 nitrogen and oxygen atoms in total. The van der Waals surface area contributed by atoms with Crippen LogP contribution >= 0.6 is 0 Å². The Morgan fingerprint density at radius 1 is 1.06 bits per heavy atom. The maximum atomic E-state index is 12.9. The zero-order chi connectivity index (χ0) is 24.5. The van der Waals surface area contributed by atoms with Gasteiger partial charge in [0, 0.05) is 13.0 Å². The molecule has 0 radical (unpaired) electrons. The number of rotatable bonds is 7. The van der Waals surface area contributed by atoms with Crippen LogP contribution in [-0.4, -0.2) is 41.6 Å². The first-order chi connectivity index (χ1) is 17.0. The van der Waals surface area contributed by atoms with Crippen LogP contribution in [0.25, 0.3) is 11.6 Å². The second-order valence-corrected chi connectivity index (χ2v) is 9.98. The number of aromatic hydroxyl groups is 1. The molecule has 1 N–H and O–H groups in total. The van der Waals surface area contributed by atoms with E-state index in [0.29, 0.717) is 13.0 Å². The van der Waals surface area contributed by atoms with Gasteiger partial charge in [-0.05, 0) is 60.1 Å². The lowest BCUT2D eigenvalue weighted by molar-refractivity contribution is -0.138. The average Bonchev–Trinajstić information content (AvgIpc) is 3.39. The zero-order valence-electron chi connectivity index (χ0n) is 20.4. The van der Waals surface area contributed by atoms with Gasteiger partial charge in [-0.15, -0.1) is 0 Å². The fourth-order valence-corrected chi connectivity index (χ4v) is 6.18. The molecule has 2 aliphatic heterocycles. The Morgan fingerprint density at radius 2 is 1.80 bits per heavy atom. The van der Waals surface area contributed by atoms with Gasteiger partial charge in [-0.25, -0.2) is 0 Å². The van der Waals surface area contributed by atoms with E-state index in [9.17, 15) is 14.7 Å². The maximum Gasteiger partial charge on any atom is 0.233 e. The van der Waals surface area contributed by atoms with Crippen LogP contribution < -0.4 is 0 Å². The number of benzene rings is 2. The molecule has 0 aromatic heterocycles. The quantitative estimate of drug-likeness (QED) is 0.331. The van der Waals surface area contributed by atoms with E-state index in [1.165, 1.54) is 27.2 Å². The van der Waals surface area contributed by atoms with Gasteiger partial charge in [0.1, 0.15) is 5.75 Å². The van der Waals surface area contributed by atoms with E-state index in [1.54, 1.807) is 19.2 Å². The molecule has 0 unspecified atom stereocenters. The summed E-state index contributed by atoms with van der Waals surface area (Å²) in [5.41, 5.74) is 6.04. The summed E-state index contributed by atoms with van der Waals surface area (Å²) < 4.78 is 6.36. The molecule has 3 aliphatic rings. The van der Waals surface area contributed by atoms with Crippen molar-refractivity contribution in [2.45, 2.75) is 45.1 Å². The van der Waals surface area contributed by atoms with E-state index in [1.807, 2.05) is 30.3 Å². The van der Waals surface area contributed by atoms with Crippen LogP contribution in [0.3, 0.4) is 0 Å². The van der Waals surface area contributed by atoms with Gasteiger partial charge < -0.3 is 9.84 Å². The van der Waals surface area contributed by atoms with Gasteiger partial charge in [0.25, 0.3) is 0 Å². The number of hydrogen-bond donors (Lipinski definition) is 1. The van der Waals surface area contributed by atoms with E-state index >= 15 is 0 Å². The third kappa shape index (κ3) is 4.45. The summed E-state index contributed by atoms with van der Waals surface area (Å²) >= 11 is 0. The third-order valence-electron chi connectivity index (χ3n) is 7.83. The number of nitrogens with zero attached hydrogens (tertiary/aromatic N) is 1. The van der Waals surface area contributed by atoms with Crippen molar-refractivity contribution in [3.8, 4) is 5.75 Å². The molecule has 2 aromatic carbocycles. The van der Waals surface area contributed by atoms with Crippen molar-refractivity contribution in [2.24, 2.45) is 17.8 Å². The number of ether oxygens (including phenoxy) is 1. The summed E-state index contributed by atoms with van der Waals surface area (Å²) in [6.07, 6.45) is 6.46. The number of fused-ring (bicyclic) bond motifs is 3. The van der Waals surface area contributed by atoms with Gasteiger partial charge in [-0.3, -0.25) is 14.5 Å². The van der Waals surface area contributed by atoms with E-state index in [2.05, 4.69) is 25.1 Å². The van der Waals surface area contributed by atoms with Crippen molar-refractivity contribution in [1.29, 1.82) is 0 Å². The standard InChI is InChI=1S/C30H33NO4/c1-3-7-22-17-24-28(30(34)31(2)29(24)33)25-18-35-26(27(22)25)15-12-21(20-8-5-4-6-9-20)16-19-10-13-23(32)14-11-19/h4-6,8-11,13-14,16,24-26,28,32H,3,7,12,15,17-18H2,1-2H3/b21-16-/t24-,25+,26-,28-/m1/s1. The molecule has 5 rings (SSSR count). The van der Waals surface area contributed by atoms with Gasteiger partial charge in [0.2, 0.25) is 11.8 Å². The van der Waals surface area contributed by atoms with Crippen LogP contribution in [0.2, 0.25) is 0 Å². The summed E-state index contributed by atoms with van der Waals surface area (Å²) in [5, 5.41) is 9.66. The zero-order valence-corrected chi connectivity index (χ0v) is 20.4. The second-order valence-electron chi connectivity index (χ2n) is 9.98. The van der Waals surface area contributed by atoms with Crippen molar-refractivity contribution < 1.29 is 19.4 Å². The number of hydrogen-bond acceptors (Lipinski definition) is 4. The van der Waals surface area contributed by atoms with Gasteiger partial charge in [0.15, 0.2) is 0 Å². The first-order valence-corrected chi connectivity index (χ1v) is 12.7. The Kier molecular flexibility index (Phi) is 6.61. The van der Waals surface area contributed by atoms with E-state index in [4.69, 9.17) is 4.74 Å². The summed E-state index contributed by atoms with van der Waals surface area (Å²) in [4.78, 5) is 27.0. The molecule has 2 amide bonds.